The van der Waals surface area contributed by atoms with Crippen LogP contribution in [0.25, 0.3) is 0 Å². The normalized spacial score (nSPS) is 14.5. The minimum Gasteiger partial charge on any atom is -0.334 e. The van der Waals surface area contributed by atoms with Crippen molar-refractivity contribution in [2.75, 3.05) is 6.67 Å². The molecule has 1 aliphatic rings. The van der Waals surface area contributed by atoms with Crippen LogP contribution in [0.2, 0.25) is 0 Å². The van der Waals surface area contributed by atoms with E-state index >= 15 is 0 Å². The highest BCUT2D eigenvalue weighted by Crippen LogP contribution is 2.22. The molecule has 1 N–H and O–H groups in total. The van der Waals surface area contributed by atoms with Crippen molar-refractivity contribution in [1.29, 1.82) is 0 Å². The van der Waals surface area contributed by atoms with Gasteiger partial charge in [-0.1, -0.05) is 43.0 Å². The van der Waals surface area contributed by atoms with Crippen molar-refractivity contribution in [3.63, 3.8) is 0 Å². The molecule has 3 amide bonds. The monoisotopic (exact) mass is 324 g/mol. The van der Waals surface area contributed by atoms with Crippen LogP contribution in [-0.4, -0.2) is 35.6 Å². The van der Waals surface area contributed by atoms with Gasteiger partial charge in [0.1, 0.15) is 6.67 Å². The number of allylic oxidation sites excluding steroid dienone is 1. The Bertz CT molecular complexity index is 790. The second kappa shape index (κ2) is 7.32. The molecular formula is C18H16N2O4. The van der Waals surface area contributed by atoms with Gasteiger partial charge in [0, 0.05) is 11.1 Å². The van der Waals surface area contributed by atoms with Gasteiger partial charge in [0.15, 0.2) is 6.29 Å². The first kappa shape index (κ1) is 17.1. The Kier molecular flexibility index (Phi) is 5.21. The van der Waals surface area contributed by atoms with Crippen LogP contribution in [-0.2, 0) is 9.59 Å². The molecule has 122 valence electrons. The molecule has 0 spiro atoms. The third-order valence-electron chi connectivity index (χ3n) is 3.51. The molecule has 0 aromatic heterocycles. The minimum atomic E-state index is -0.544. The van der Waals surface area contributed by atoms with Crippen LogP contribution < -0.4 is 5.32 Å². The summed E-state index contributed by atoms with van der Waals surface area (Å²) in [5.74, 6) is -1.57. The van der Waals surface area contributed by atoms with Gasteiger partial charge in [-0.15, -0.1) is 0 Å². The number of hydrogen-bond donors (Lipinski definition) is 1. The van der Waals surface area contributed by atoms with E-state index < -0.39 is 17.7 Å². The molecule has 0 fully saturated rings. The summed E-state index contributed by atoms with van der Waals surface area (Å²) >= 11 is 0. The molecule has 0 unspecified atom stereocenters. The molecule has 0 radical (unpaired) electrons. The van der Waals surface area contributed by atoms with Crippen LogP contribution in [0, 0.1) is 0 Å². The van der Waals surface area contributed by atoms with Crippen molar-refractivity contribution in [2.24, 2.45) is 0 Å². The summed E-state index contributed by atoms with van der Waals surface area (Å²) < 4.78 is 0. The molecule has 1 aliphatic heterocycles. The fourth-order valence-corrected chi connectivity index (χ4v) is 2.33. The minimum absolute atomic E-state index is 0.178. The third kappa shape index (κ3) is 3.08. The molecule has 0 bridgehead atoms. The second-order valence-electron chi connectivity index (χ2n) is 4.94. The maximum Gasteiger partial charge on any atom is 0.263 e. The van der Waals surface area contributed by atoms with Crippen LogP contribution in [0.5, 0.6) is 0 Å². The van der Waals surface area contributed by atoms with Gasteiger partial charge in [-0.2, -0.15) is 0 Å². The van der Waals surface area contributed by atoms with Crippen molar-refractivity contribution in [3.05, 3.63) is 71.3 Å². The van der Waals surface area contributed by atoms with Crippen molar-refractivity contribution in [3.8, 4) is 0 Å². The maximum atomic E-state index is 12.3. The van der Waals surface area contributed by atoms with E-state index in [0.29, 0.717) is 6.29 Å². The van der Waals surface area contributed by atoms with Gasteiger partial charge >= 0.3 is 0 Å². The molecule has 0 atom stereocenters. The smallest absolute Gasteiger partial charge is 0.263 e. The largest absolute Gasteiger partial charge is 0.334 e. The van der Waals surface area contributed by atoms with Gasteiger partial charge in [-0.05, 0) is 13.0 Å². The third-order valence-corrected chi connectivity index (χ3v) is 3.51. The maximum absolute atomic E-state index is 12.3. The van der Waals surface area contributed by atoms with E-state index in [-0.39, 0.29) is 28.9 Å². The van der Waals surface area contributed by atoms with Crippen LogP contribution in [0.1, 0.15) is 27.6 Å². The predicted octanol–water partition coefficient (Wildman–Crippen LogP) is 1.61. The van der Waals surface area contributed by atoms with Gasteiger partial charge in [0.05, 0.1) is 11.1 Å². The second-order valence-corrected chi connectivity index (χ2v) is 4.94. The Morgan fingerprint density at radius 3 is 2.50 bits per heavy atom. The first-order chi connectivity index (χ1) is 11.5. The Morgan fingerprint density at radius 2 is 1.88 bits per heavy atom. The standard InChI is InChI=1S/C18H16N2O4/c1-3-7-15-13(4-2)17(23)20(18(15)24)11-19-16(22)14-9-6-5-8-12(14)10-21/h3-10H,2,11H2,1H3,(H,19,22)/b7-3-. The molecule has 6 nitrogen and oxygen atoms in total. The Hall–Kier alpha value is -3.28. The summed E-state index contributed by atoms with van der Waals surface area (Å²) in [5.41, 5.74) is 0.839. The average molecular weight is 324 g/mol. The summed E-state index contributed by atoms with van der Waals surface area (Å²) in [6.07, 6.45) is 5.06. The van der Waals surface area contributed by atoms with Gasteiger partial charge < -0.3 is 5.32 Å². The zero-order chi connectivity index (χ0) is 17.7. The zero-order valence-corrected chi connectivity index (χ0v) is 13.1. The highest BCUT2D eigenvalue weighted by Gasteiger charge is 2.35. The SMILES string of the molecule is C=CC1=C(/C=C\C)C(=O)N(CNC(=O)c2ccccc2C=O)C1=O. The lowest BCUT2D eigenvalue weighted by molar-refractivity contribution is -0.137. The number of nitrogens with one attached hydrogen (secondary N) is 1. The molecule has 1 aromatic carbocycles. The molecule has 1 heterocycles. The molecule has 0 aliphatic carbocycles. The fraction of sp³-hybridized carbons (Fsp3) is 0.111. The number of imide groups is 1. The van der Waals surface area contributed by atoms with Crippen molar-refractivity contribution < 1.29 is 19.2 Å². The topological polar surface area (TPSA) is 83.6 Å². The molecule has 24 heavy (non-hydrogen) atoms. The highest BCUT2D eigenvalue weighted by molar-refractivity contribution is 6.22. The van der Waals surface area contributed by atoms with Crippen LogP contribution in [0.15, 0.2) is 60.2 Å². The predicted molar refractivity (Wildman–Crippen MR) is 88.1 cm³/mol. The number of benzene rings is 1. The van der Waals surface area contributed by atoms with Gasteiger partial charge in [0.25, 0.3) is 17.7 Å². The first-order valence-electron chi connectivity index (χ1n) is 7.23. The van der Waals surface area contributed by atoms with Gasteiger partial charge in [-0.3, -0.25) is 24.1 Å². The van der Waals surface area contributed by atoms with Crippen molar-refractivity contribution >= 4 is 24.0 Å². The van der Waals surface area contributed by atoms with E-state index in [2.05, 4.69) is 11.9 Å². The summed E-state index contributed by atoms with van der Waals surface area (Å²) in [6.45, 7) is 4.98. The van der Waals surface area contributed by atoms with Crippen LogP contribution >= 0.6 is 0 Å². The summed E-state index contributed by atoms with van der Waals surface area (Å²) in [4.78, 5) is 48.6. The lowest BCUT2D eigenvalue weighted by Crippen LogP contribution is -2.42. The highest BCUT2D eigenvalue weighted by atomic mass is 16.2. The number of aldehydes is 1. The van der Waals surface area contributed by atoms with E-state index in [9.17, 15) is 19.2 Å². The van der Waals surface area contributed by atoms with E-state index in [1.807, 2.05) is 0 Å². The summed E-state index contributed by atoms with van der Waals surface area (Å²) in [6, 6.07) is 6.26. The fourth-order valence-electron chi connectivity index (χ4n) is 2.33. The molecule has 6 heteroatoms. The number of rotatable bonds is 6. The zero-order valence-electron chi connectivity index (χ0n) is 13.1. The molecular weight excluding hydrogens is 308 g/mol. The molecule has 2 rings (SSSR count). The quantitative estimate of drug-likeness (QED) is 0.636. The first-order valence-corrected chi connectivity index (χ1v) is 7.23. The number of carbonyl (C=O) groups is 4. The van der Waals surface area contributed by atoms with Crippen molar-refractivity contribution in [1.82, 2.24) is 10.2 Å². The summed E-state index contributed by atoms with van der Waals surface area (Å²) in [5, 5.41) is 2.49. The lowest BCUT2D eigenvalue weighted by atomic mass is 10.1. The average Bonchev–Trinajstić information content (AvgIpc) is 2.83. The Labute approximate surface area is 139 Å². The van der Waals surface area contributed by atoms with E-state index in [0.717, 1.165) is 4.90 Å². The Balaban J connectivity index is 2.14. The number of carbonyl (C=O) groups excluding carboxylic acids is 4. The number of amides is 3. The lowest BCUT2D eigenvalue weighted by Gasteiger charge is -2.16. The molecule has 0 saturated carbocycles. The molecule has 1 aromatic rings. The van der Waals surface area contributed by atoms with Crippen molar-refractivity contribution in [2.45, 2.75) is 6.92 Å². The van der Waals surface area contributed by atoms with E-state index in [1.165, 1.54) is 24.3 Å². The van der Waals surface area contributed by atoms with Crippen LogP contribution in [0.3, 0.4) is 0 Å². The molecule has 0 saturated heterocycles. The number of nitrogens with zero attached hydrogens (tertiary/aromatic N) is 1. The van der Waals surface area contributed by atoms with Gasteiger partial charge in [0.2, 0.25) is 0 Å². The van der Waals surface area contributed by atoms with Crippen LogP contribution in [0.4, 0.5) is 0 Å². The number of hydrogen-bond acceptors (Lipinski definition) is 4. The Morgan fingerprint density at radius 1 is 1.21 bits per heavy atom. The van der Waals surface area contributed by atoms with E-state index in [1.54, 1.807) is 25.1 Å². The van der Waals surface area contributed by atoms with Gasteiger partial charge in [-0.25, -0.2) is 0 Å². The summed E-state index contributed by atoms with van der Waals surface area (Å²) in [7, 11) is 0. The van der Waals surface area contributed by atoms with E-state index in [4.69, 9.17) is 0 Å².